The van der Waals surface area contributed by atoms with Crippen molar-refractivity contribution in [1.29, 1.82) is 0 Å². The van der Waals surface area contributed by atoms with E-state index in [9.17, 15) is 10.0 Å². The average molecular weight is 163 g/mol. The normalized spacial score (nSPS) is 20.6. The number of rotatable bonds is 1. The first-order valence-corrected chi connectivity index (χ1v) is 3.96. The maximum atomic E-state index is 10.3. The van der Waals surface area contributed by atoms with Gasteiger partial charge in [-0.15, -0.1) is 4.91 Å². The topological polar surface area (TPSA) is 49.7 Å². The van der Waals surface area contributed by atoms with Crippen LogP contribution in [0.2, 0.25) is 0 Å². The van der Waals surface area contributed by atoms with E-state index in [1.807, 2.05) is 6.07 Å². The Balaban J connectivity index is 2.57. The summed E-state index contributed by atoms with van der Waals surface area (Å²) >= 11 is 0. The van der Waals surface area contributed by atoms with Crippen LogP contribution in [-0.4, -0.2) is 5.11 Å². The Morgan fingerprint density at radius 3 is 3.08 bits per heavy atom. The van der Waals surface area contributed by atoms with Crippen molar-refractivity contribution in [3.8, 4) is 0 Å². The molecule has 3 nitrogen and oxygen atoms in total. The number of nitrogens with zero attached hydrogens (tertiary/aromatic N) is 1. The molecule has 1 unspecified atom stereocenters. The molecule has 0 aliphatic heterocycles. The van der Waals surface area contributed by atoms with Gasteiger partial charge in [-0.25, -0.2) is 0 Å². The van der Waals surface area contributed by atoms with Crippen LogP contribution in [0.5, 0.6) is 0 Å². The molecule has 1 aliphatic carbocycles. The maximum Gasteiger partial charge on any atom is 0.111 e. The van der Waals surface area contributed by atoms with Crippen LogP contribution >= 0.6 is 0 Å². The minimum atomic E-state index is -0.401. The number of nitroso groups, excluding NO2 is 1. The Labute approximate surface area is 70.0 Å². The molecule has 0 saturated carbocycles. The van der Waals surface area contributed by atoms with Crippen molar-refractivity contribution in [3.63, 3.8) is 0 Å². The first-order valence-electron chi connectivity index (χ1n) is 3.96. The molecule has 1 aromatic rings. The zero-order chi connectivity index (χ0) is 8.55. The molecule has 0 aromatic heterocycles. The standard InChI is InChI=1S/C9H9NO2/c11-9-5-4-6-7(9)2-1-3-8(6)10-12/h1-3,9,11H,4-5H2. The van der Waals surface area contributed by atoms with Crippen molar-refractivity contribution in [1.82, 2.24) is 0 Å². The summed E-state index contributed by atoms with van der Waals surface area (Å²) in [6.45, 7) is 0. The molecule has 62 valence electrons. The van der Waals surface area contributed by atoms with Crippen LogP contribution in [0.1, 0.15) is 23.7 Å². The van der Waals surface area contributed by atoms with Gasteiger partial charge in [-0.1, -0.05) is 12.1 Å². The molecule has 0 radical (unpaired) electrons. The van der Waals surface area contributed by atoms with Gasteiger partial charge in [0, 0.05) is 0 Å². The minimum Gasteiger partial charge on any atom is -0.388 e. The van der Waals surface area contributed by atoms with Crippen molar-refractivity contribution in [2.24, 2.45) is 5.18 Å². The Morgan fingerprint density at radius 2 is 2.33 bits per heavy atom. The third kappa shape index (κ3) is 0.940. The second-order valence-electron chi connectivity index (χ2n) is 2.99. The highest BCUT2D eigenvalue weighted by Crippen LogP contribution is 2.36. The van der Waals surface area contributed by atoms with Crippen LogP contribution in [-0.2, 0) is 6.42 Å². The van der Waals surface area contributed by atoms with Crippen molar-refractivity contribution in [2.75, 3.05) is 0 Å². The summed E-state index contributed by atoms with van der Waals surface area (Å²) in [7, 11) is 0. The number of hydrogen-bond donors (Lipinski definition) is 1. The summed E-state index contributed by atoms with van der Waals surface area (Å²) in [5.74, 6) is 0. The molecule has 3 heteroatoms. The number of hydrogen-bond acceptors (Lipinski definition) is 3. The first kappa shape index (κ1) is 7.43. The lowest BCUT2D eigenvalue weighted by molar-refractivity contribution is 0.180. The average Bonchev–Trinajstić information content (AvgIpc) is 2.48. The molecule has 12 heavy (non-hydrogen) atoms. The maximum absolute atomic E-state index is 10.3. The van der Waals surface area contributed by atoms with Gasteiger partial charge in [0.05, 0.1) is 6.10 Å². The van der Waals surface area contributed by atoms with Crippen molar-refractivity contribution < 1.29 is 5.11 Å². The summed E-state index contributed by atoms with van der Waals surface area (Å²) in [4.78, 5) is 10.3. The van der Waals surface area contributed by atoms with Crippen molar-refractivity contribution >= 4 is 5.69 Å². The third-order valence-corrected chi connectivity index (χ3v) is 2.31. The smallest absolute Gasteiger partial charge is 0.111 e. The molecular formula is C9H9NO2. The molecule has 0 fully saturated rings. The predicted molar refractivity (Wildman–Crippen MR) is 45.2 cm³/mol. The monoisotopic (exact) mass is 163 g/mol. The Kier molecular flexibility index (Phi) is 1.66. The van der Waals surface area contributed by atoms with E-state index in [4.69, 9.17) is 0 Å². The van der Waals surface area contributed by atoms with Crippen LogP contribution in [0, 0.1) is 4.91 Å². The second kappa shape index (κ2) is 2.68. The van der Waals surface area contributed by atoms with E-state index in [0.717, 1.165) is 17.5 Å². The molecule has 1 aliphatic rings. The lowest BCUT2D eigenvalue weighted by atomic mass is 10.1. The highest BCUT2D eigenvalue weighted by atomic mass is 16.3. The van der Waals surface area contributed by atoms with Crippen LogP contribution in [0.15, 0.2) is 23.4 Å². The van der Waals surface area contributed by atoms with Crippen molar-refractivity contribution in [3.05, 3.63) is 34.2 Å². The summed E-state index contributed by atoms with van der Waals surface area (Å²) < 4.78 is 0. The second-order valence-corrected chi connectivity index (χ2v) is 2.99. The Hall–Kier alpha value is -1.22. The number of benzene rings is 1. The van der Waals surface area contributed by atoms with E-state index in [1.165, 1.54) is 0 Å². The first-order chi connectivity index (χ1) is 5.83. The Bertz CT molecular complexity index is 322. The SMILES string of the molecule is O=Nc1cccc2c1CCC2O. The molecule has 2 rings (SSSR count). The molecule has 0 saturated heterocycles. The van der Waals surface area contributed by atoms with E-state index < -0.39 is 6.10 Å². The van der Waals surface area contributed by atoms with E-state index in [0.29, 0.717) is 12.1 Å². The fraction of sp³-hybridized carbons (Fsp3) is 0.333. The van der Waals surface area contributed by atoms with Crippen molar-refractivity contribution in [2.45, 2.75) is 18.9 Å². The molecule has 0 heterocycles. The van der Waals surface area contributed by atoms with Gasteiger partial charge < -0.3 is 5.11 Å². The van der Waals surface area contributed by atoms with Gasteiger partial charge in [0.2, 0.25) is 0 Å². The van der Waals surface area contributed by atoms with Gasteiger partial charge in [-0.3, -0.25) is 0 Å². The summed E-state index contributed by atoms with van der Waals surface area (Å²) in [6, 6.07) is 5.29. The van der Waals surface area contributed by atoms with Crippen LogP contribution < -0.4 is 0 Å². The number of aliphatic hydroxyl groups excluding tert-OH is 1. The summed E-state index contributed by atoms with van der Waals surface area (Å²) in [6.07, 6.45) is 1.07. The van der Waals surface area contributed by atoms with Gasteiger partial charge in [0.15, 0.2) is 0 Å². The number of aliphatic hydroxyl groups is 1. The van der Waals surface area contributed by atoms with E-state index in [2.05, 4.69) is 5.18 Å². The zero-order valence-corrected chi connectivity index (χ0v) is 6.53. The third-order valence-electron chi connectivity index (χ3n) is 2.31. The van der Waals surface area contributed by atoms with E-state index in [-0.39, 0.29) is 0 Å². The van der Waals surface area contributed by atoms with Crippen LogP contribution in [0.4, 0.5) is 5.69 Å². The molecule has 0 bridgehead atoms. The molecule has 1 atom stereocenters. The molecule has 1 aromatic carbocycles. The fourth-order valence-electron chi connectivity index (χ4n) is 1.70. The predicted octanol–water partition coefficient (Wildman–Crippen LogP) is 2.06. The molecular weight excluding hydrogens is 154 g/mol. The fourth-order valence-corrected chi connectivity index (χ4v) is 1.70. The molecule has 0 spiro atoms. The Morgan fingerprint density at radius 1 is 1.50 bits per heavy atom. The van der Waals surface area contributed by atoms with E-state index >= 15 is 0 Å². The lowest BCUT2D eigenvalue weighted by Gasteiger charge is -2.02. The van der Waals surface area contributed by atoms with Gasteiger partial charge in [-0.05, 0) is 35.2 Å². The van der Waals surface area contributed by atoms with E-state index in [1.54, 1.807) is 12.1 Å². The van der Waals surface area contributed by atoms with Gasteiger partial charge >= 0.3 is 0 Å². The zero-order valence-electron chi connectivity index (χ0n) is 6.53. The lowest BCUT2D eigenvalue weighted by Crippen LogP contribution is -1.88. The van der Waals surface area contributed by atoms with Crippen LogP contribution in [0.3, 0.4) is 0 Å². The van der Waals surface area contributed by atoms with Gasteiger partial charge in [-0.2, -0.15) is 0 Å². The number of fused-ring (bicyclic) bond motifs is 1. The quantitative estimate of drug-likeness (QED) is 0.644. The molecule has 0 amide bonds. The van der Waals surface area contributed by atoms with Crippen LogP contribution in [0.25, 0.3) is 0 Å². The van der Waals surface area contributed by atoms with Gasteiger partial charge in [0.25, 0.3) is 0 Å². The summed E-state index contributed by atoms with van der Waals surface area (Å²) in [5, 5.41) is 12.4. The largest absolute Gasteiger partial charge is 0.388 e. The minimum absolute atomic E-state index is 0.401. The highest BCUT2D eigenvalue weighted by molar-refractivity contribution is 5.52. The molecule has 1 N–H and O–H groups in total. The van der Waals surface area contributed by atoms with Gasteiger partial charge in [0.1, 0.15) is 5.69 Å². The highest BCUT2D eigenvalue weighted by Gasteiger charge is 2.22. The summed E-state index contributed by atoms with van der Waals surface area (Å²) in [5.41, 5.74) is 2.26.